The van der Waals surface area contributed by atoms with Crippen molar-refractivity contribution in [3.8, 4) is 22.6 Å². The Morgan fingerprint density at radius 3 is 2.35 bits per heavy atom. The molecular formula is C16H16O4. The van der Waals surface area contributed by atoms with Crippen molar-refractivity contribution in [3.05, 3.63) is 48.5 Å². The molecule has 1 unspecified atom stereocenters. The van der Waals surface area contributed by atoms with Crippen LogP contribution < -0.4 is 9.47 Å². The van der Waals surface area contributed by atoms with Gasteiger partial charge in [0.2, 0.25) is 0 Å². The highest BCUT2D eigenvalue weighted by Gasteiger charge is 2.12. The van der Waals surface area contributed by atoms with Crippen LogP contribution in [-0.4, -0.2) is 24.3 Å². The van der Waals surface area contributed by atoms with Crippen molar-refractivity contribution in [1.82, 2.24) is 0 Å². The van der Waals surface area contributed by atoms with E-state index in [0.29, 0.717) is 5.75 Å². The minimum atomic E-state index is -0.987. The number of hydrogen-bond donors (Lipinski definition) is 1. The Balaban J connectivity index is 2.22. The maximum Gasteiger partial charge on any atom is 0.344 e. The Morgan fingerprint density at radius 2 is 1.75 bits per heavy atom. The Labute approximate surface area is 117 Å². The zero-order valence-corrected chi connectivity index (χ0v) is 11.4. The highest BCUT2D eigenvalue weighted by atomic mass is 16.5. The molecule has 0 aliphatic rings. The minimum absolute atomic E-state index is 0.526. The van der Waals surface area contributed by atoms with Gasteiger partial charge in [-0.2, -0.15) is 0 Å². The Kier molecular flexibility index (Phi) is 4.25. The summed E-state index contributed by atoms with van der Waals surface area (Å²) in [7, 11) is 1.63. The van der Waals surface area contributed by atoms with E-state index in [4.69, 9.17) is 14.6 Å². The lowest BCUT2D eigenvalue weighted by Gasteiger charge is -2.12. The summed E-state index contributed by atoms with van der Waals surface area (Å²) in [6, 6.07) is 15.0. The van der Waals surface area contributed by atoms with Crippen LogP contribution in [0.15, 0.2) is 48.5 Å². The molecular weight excluding hydrogens is 256 g/mol. The van der Waals surface area contributed by atoms with Gasteiger partial charge in [0.15, 0.2) is 6.10 Å². The first kappa shape index (κ1) is 13.9. The Bertz CT molecular complexity index is 590. The van der Waals surface area contributed by atoms with Gasteiger partial charge in [-0.1, -0.05) is 30.3 Å². The first-order valence-corrected chi connectivity index (χ1v) is 6.24. The monoisotopic (exact) mass is 272 g/mol. The fourth-order valence-electron chi connectivity index (χ4n) is 1.85. The number of carboxylic acids is 1. The fourth-order valence-corrected chi connectivity index (χ4v) is 1.85. The van der Waals surface area contributed by atoms with Crippen molar-refractivity contribution < 1.29 is 19.4 Å². The maximum absolute atomic E-state index is 10.7. The fraction of sp³-hybridized carbons (Fsp3) is 0.188. The van der Waals surface area contributed by atoms with E-state index >= 15 is 0 Å². The van der Waals surface area contributed by atoms with Crippen molar-refractivity contribution in [3.63, 3.8) is 0 Å². The summed E-state index contributed by atoms with van der Waals surface area (Å²) >= 11 is 0. The molecule has 0 saturated heterocycles. The van der Waals surface area contributed by atoms with E-state index in [-0.39, 0.29) is 0 Å². The third-order valence-corrected chi connectivity index (χ3v) is 2.93. The second kappa shape index (κ2) is 6.10. The molecule has 0 radical (unpaired) electrons. The molecule has 0 bridgehead atoms. The Morgan fingerprint density at radius 1 is 1.10 bits per heavy atom. The van der Waals surface area contributed by atoms with Gasteiger partial charge in [0.05, 0.1) is 7.11 Å². The molecule has 0 saturated carbocycles. The van der Waals surface area contributed by atoms with E-state index in [1.165, 1.54) is 6.92 Å². The van der Waals surface area contributed by atoms with Crippen LogP contribution >= 0.6 is 0 Å². The first-order valence-electron chi connectivity index (χ1n) is 6.24. The van der Waals surface area contributed by atoms with Crippen molar-refractivity contribution in [1.29, 1.82) is 0 Å². The van der Waals surface area contributed by atoms with Gasteiger partial charge < -0.3 is 14.6 Å². The number of hydrogen-bond acceptors (Lipinski definition) is 3. The molecule has 0 aromatic heterocycles. The summed E-state index contributed by atoms with van der Waals surface area (Å²) in [5.41, 5.74) is 1.96. The van der Waals surface area contributed by atoms with Crippen LogP contribution in [-0.2, 0) is 4.79 Å². The van der Waals surface area contributed by atoms with Crippen LogP contribution in [0.1, 0.15) is 6.92 Å². The van der Waals surface area contributed by atoms with Gasteiger partial charge in [-0.15, -0.1) is 0 Å². The lowest BCUT2D eigenvalue weighted by atomic mass is 10.0. The van der Waals surface area contributed by atoms with Crippen molar-refractivity contribution in [2.24, 2.45) is 0 Å². The van der Waals surface area contributed by atoms with Crippen LogP contribution in [0.4, 0.5) is 0 Å². The number of rotatable bonds is 5. The van der Waals surface area contributed by atoms with Crippen molar-refractivity contribution >= 4 is 5.97 Å². The van der Waals surface area contributed by atoms with Crippen LogP contribution in [0.2, 0.25) is 0 Å². The zero-order valence-electron chi connectivity index (χ0n) is 11.4. The highest BCUT2D eigenvalue weighted by Crippen LogP contribution is 2.30. The largest absolute Gasteiger partial charge is 0.496 e. The van der Waals surface area contributed by atoms with Gasteiger partial charge >= 0.3 is 5.97 Å². The smallest absolute Gasteiger partial charge is 0.344 e. The molecule has 0 spiro atoms. The number of para-hydroxylation sites is 1. The summed E-state index contributed by atoms with van der Waals surface area (Å²) in [6.07, 6.45) is -0.868. The number of carbonyl (C=O) groups is 1. The van der Waals surface area contributed by atoms with Gasteiger partial charge in [-0.25, -0.2) is 4.79 Å². The minimum Gasteiger partial charge on any atom is -0.496 e. The lowest BCUT2D eigenvalue weighted by Crippen LogP contribution is -2.22. The third-order valence-electron chi connectivity index (χ3n) is 2.93. The molecule has 2 aromatic rings. The van der Waals surface area contributed by atoms with Crippen LogP contribution in [0.3, 0.4) is 0 Å². The number of benzene rings is 2. The molecule has 1 N–H and O–H groups in total. The van der Waals surface area contributed by atoms with Gasteiger partial charge in [0.1, 0.15) is 11.5 Å². The normalized spacial score (nSPS) is 11.7. The second-order valence-electron chi connectivity index (χ2n) is 4.32. The predicted molar refractivity (Wildman–Crippen MR) is 76.2 cm³/mol. The SMILES string of the molecule is COc1ccccc1-c1ccc(OC(C)C(=O)O)cc1. The summed E-state index contributed by atoms with van der Waals surface area (Å²) in [4.78, 5) is 10.7. The summed E-state index contributed by atoms with van der Waals surface area (Å²) < 4.78 is 10.6. The molecule has 104 valence electrons. The number of aliphatic carboxylic acids is 1. The number of methoxy groups -OCH3 is 1. The average Bonchev–Trinajstić information content (AvgIpc) is 2.48. The molecule has 20 heavy (non-hydrogen) atoms. The van der Waals surface area contributed by atoms with Crippen LogP contribution in [0.5, 0.6) is 11.5 Å². The van der Waals surface area contributed by atoms with Crippen LogP contribution in [0.25, 0.3) is 11.1 Å². The molecule has 2 rings (SSSR count). The van der Waals surface area contributed by atoms with Gasteiger partial charge in [0, 0.05) is 5.56 Å². The molecule has 0 aliphatic heterocycles. The molecule has 4 nitrogen and oxygen atoms in total. The molecule has 4 heteroatoms. The van der Waals surface area contributed by atoms with Gasteiger partial charge in [-0.3, -0.25) is 0 Å². The topological polar surface area (TPSA) is 55.8 Å². The Hall–Kier alpha value is -2.49. The summed E-state index contributed by atoms with van der Waals surface area (Å²) in [5, 5.41) is 8.80. The number of carboxylic acid groups (broad SMARTS) is 1. The van der Waals surface area contributed by atoms with Crippen LogP contribution in [0, 0.1) is 0 Å². The van der Waals surface area contributed by atoms with Gasteiger partial charge in [0.25, 0.3) is 0 Å². The standard InChI is InChI=1S/C16H16O4/c1-11(16(17)18)20-13-9-7-12(8-10-13)14-5-3-4-6-15(14)19-2/h3-11H,1-2H3,(H,17,18). The molecule has 0 aliphatic carbocycles. The maximum atomic E-state index is 10.7. The van der Waals surface area contributed by atoms with E-state index in [1.807, 2.05) is 36.4 Å². The van der Waals surface area contributed by atoms with E-state index in [1.54, 1.807) is 19.2 Å². The quantitative estimate of drug-likeness (QED) is 0.908. The van der Waals surface area contributed by atoms with E-state index in [2.05, 4.69) is 0 Å². The predicted octanol–water partition coefficient (Wildman–Crippen LogP) is 3.21. The number of ether oxygens (including phenoxy) is 2. The summed E-state index contributed by atoms with van der Waals surface area (Å²) in [6.45, 7) is 1.50. The average molecular weight is 272 g/mol. The van der Waals surface area contributed by atoms with E-state index in [0.717, 1.165) is 16.9 Å². The zero-order chi connectivity index (χ0) is 14.5. The molecule has 2 aromatic carbocycles. The lowest BCUT2D eigenvalue weighted by molar-refractivity contribution is -0.144. The second-order valence-corrected chi connectivity index (χ2v) is 4.32. The molecule has 1 atom stereocenters. The highest BCUT2D eigenvalue weighted by molar-refractivity contribution is 5.73. The van der Waals surface area contributed by atoms with E-state index in [9.17, 15) is 4.79 Å². The molecule has 0 fully saturated rings. The van der Waals surface area contributed by atoms with Crippen molar-refractivity contribution in [2.75, 3.05) is 7.11 Å². The molecule has 0 amide bonds. The first-order chi connectivity index (χ1) is 9.61. The third kappa shape index (κ3) is 3.09. The summed E-state index contributed by atoms with van der Waals surface area (Å²) in [5.74, 6) is 0.331. The van der Waals surface area contributed by atoms with Crippen molar-refractivity contribution in [2.45, 2.75) is 13.0 Å². The van der Waals surface area contributed by atoms with Gasteiger partial charge in [-0.05, 0) is 30.7 Å². The van der Waals surface area contributed by atoms with E-state index < -0.39 is 12.1 Å². The molecule has 0 heterocycles.